The maximum Gasteiger partial charge on any atom is 3.00 e. The Morgan fingerprint density at radius 1 is 0.390 bits per heavy atom. The molecule has 3 aromatic rings. The van der Waals surface area contributed by atoms with Crippen molar-refractivity contribution in [3.8, 4) is 0 Å². The monoisotopic (exact) mass is 590 g/mol. The molecule has 0 atom stereocenters. The molecule has 5 heterocycles. The zero-order valence-electron chi connectivity index (χ0n) is 26.2. The van der Waals surface area contributed by atoms with E-state index in [1.165, 1.54) is 66.6 Å². The molecule has 215 valence electrons. The van der Waals surface area contributed by atoms with Gasteiger partial charge in [0, 0.05) is 22.1 Å². The van der Waals surface area contributed by atoms with Crippen LogP contribution in [0.25, 0.3) is 44.4 Å². The van der Waals surface area contributed by atoms with Gasteiger partial charge in [-0.3, -0.25) is 0 Å². The number of rotatable bonds is 8. The molecule has 5 rings (SSSR count). The summed E-state index contributed by atoms with van der Waals surface area (Å²) in [6.07, 6.45) is 7.84. The average molecular weight is 591 g/mol. The Hall–Kier alpha value is -2.88. The number of H-pyrrole nitrogens is 2. The number of aromatic amines is 2. The Kier molecular flexibility index (Phi) is 9.82. The second-order valence-corrected chi connectivity index (χ2v) is 10.9. The molecule has 2 aliphatic heterocycles. The fourth-order valence-electron chi connectivity index (χ4n) is 7.10. The minimum Gasteiger partial charge on any atom is -0.355 e. The van der Waals surface area contributed by atoms with E-state index in [2.05, 4.69) is 89.6 Å². The molecule has 2 aliphatic rings. The first kappa shape index (κ1) is 31.1. The van der Waals surface area contributed by atoms with Crippen LogP contribution in [0.4, 0.5) is 0 Å². The number of nitrogens with zero attached hydrogens (tertiary/aromatic N) is 2. The molecular weight excluding hydrogens is 544 g/mol. The molecule has 3 aromatic heterocycles. The molecule has 0 amide bonds. The molecule has 0 unspecified atom stereocenters. The minimum absolute atomic E-state index is 0. The number of aromatic nitrogens is 4. The van der Waals surface area contributed by atoms with Crippen LogP contribution in [0.2, 0.25) is 0 Å². The molecule has 8 bridgehead atoms. The summed E-state index contributed by atoms with van der Waals surface area (Å²) in [5.41, 5.74) is 20.2. The maximum atomic E-state index is 5.28. The summed E-state index contributed by atoms with van der Waals surface area (Å²) in [6.45, 7) is 18.1. The summed E-state index contributed by atoms with van der Waals surface area (Å²) in [4.78, 5) is 18.2. The Labute approximate surface area is 256 Å². The first-order chi connectivity index (χ1) is 19.5. The van der Waals surface area contributed by atoms with Gasteiger partial charge in [0.05, 0.1) is 22.8 Å². The van der Waals surface area contributed by atoms with Gasteiger partial charge in [0.1, 0.15) is 0 Å². The molecule has 0 saturated heterocycles. The van der Waals surface area contributed by atoms with Crippen molar-refractivity contribution in [1.29, 1.82) is 0 Å². The Balaban J connectivity index is 0.00000387. The smallest absolute Gasteiger partial charge is 0.355 e. The van der Waals surface area contributed by atoms with Crippen LogP contribution in [0, 0.1) is 0 Å². The largest absolute Gasteiger partial charge is 3.00 e. The van der Waals surface area contributed by atoms with Crippen molar-refractivity contribution in [2.45, 2.75) is 107 Å². The van der Waals surface area contributed by atoms with Gasteiger partial charge >= 0.3 is 17.1 Å². The third-order valence-electron chi connectivity index (χ3n) is 8.97. The van der Waals surface area contributed by atoms with Crippen LogP contribution in [-0.2, 0) is 42.8 Å². The van der Waals surface area contributed by atoms with Crippen LogP contribution in [0.5, 0.6) is 0 Å². The van der Waals surface area contributed by atoms with E-state index in [-0.39, 0.29) is 17.1 Å². The van der Waals surface area contributed by atoms with Crippen molar-refractivity contribution in [3.05, 3.63) is 69.3 Å². The van der Waals surface area contributed by atoms with Crippen LogP contribution >= 0.6 is 0 Å². The van der Waals surface area contributed by atoms with Gasteiger partial charge in [0.2, 0.25) is 0 Å². The number of hydrogen-bond donors (Lipinski definition) is 2. The fourth-order valence-corrected chi connectivity index (χ4v) is 7.10. The van der Waals surface area contributed by atoms with Gasteiger partial charge in [-0.15, -0.1) is 0 Å². The number of allylic oxidation sites excluding steroid dienone is 4. The molecular formula is C36H46FeN4+3. The van der Waals surface area contributed by atoms with E-state index in [1.807, 2.05) is 0 Å². The van der Waals surface area contributed by atoms with Gasteiger partial charge in [-0.05, 0) is 120 Å². The molecule has 4 nitrogen and oxygen atoms in total. The molecule has 1 radical (unpaired) electrons. The van der Waals surface area contributed by atoms with E-state index in [0.29, 0.717) is 0 Å². The standard InChI is InChI=1S/C36H46N4.Fe/c1-9-21-22(10-2)30-18-32-25(13-5)26(14-6)34(39-32)20-36-28(16-8)27(15-7)35(40-36)19-33-24(12-4)23(11-3)31(38-33)17-29(21)37-30;/h17-20,37-38H,9-16H2,1-8H3;/q;+3. The van der Waals surface area contributed by atoms with Crippen LogP contribution in [0.15, 0.2) is 24.3 Å². The van der Waals surface area contributed by atoms with E-state index in [4.69, 9.17) is 9.97 Å². The predicted molar refractivity (Wildman–Crippen MR) is 173 cm³/mol. The van der Waals surface area contributed by atoms with Gasteiger partial charge in [-0.1, -0.05) is 55.4 Å². The Morgan fingerprint density at radius 3 is 0.927 bits per heavy atom. The summed E-state index contributed by atoms with van der Waals surface area (Å²) in [6, 6.07) is 9.24. The van der Waals surface area contributed by atoms with Crippen molar-refractivity contribution in [3.63, 3.8) is 0 Å². The molecule has 0 saturated carbocycles. The van der Waals surface area contributed by atoms with E-state index in [0.717, 1.165) is 74.1 Å². The zero-order valence-corrected chi connectivity index (χ0v) is 27.3. The number of aryl methyl sites for hydroxylation is 4. The number of fused-ring (bicyclic) bond motifs is 8. The maximum absolute atomic E-state index is 5.28. The summed E-state index contributed by atoms with van der Waals surface area (Å²) in [7, 11) is 0. The first-order valence-corrected chi connectivity index (χ1v) is 15.7. The molecule has 0 fully saturated rings. The van der Waals surface area contributed by atoms with Gasteiger partial charge in [0.15, 0.2) is 0 Å². The molecule has 0 aromatic carbocycles. The van der Waals surface area contributed by atoms with Crippen molar-refractivity contribution in [2.24, 2.45) is 0 Å². The Morgan fingerprint density at radius 2 is 0.659 bits per heavy atom. The van der Waals surface area contributed by atoms with Crippen molar-refractivity contribution >= 4 is 44.4 Å². The van der Waals surface area contributed by atoms with Crippen LogP contribution in [0.3, 0.4) is 0 Å². The molecule has 2 N–H and O–H groups in total. The fraction of sp³-hybridized carbons (Fsp3) is 0.444. The van der Waals surface area contributed by atoms with E-state index in [1.54, 1.807) is 0 Å². The molecule has 0 spiro atoms. The van der Waals surface area contributed by atoms with Crippen molar-refractivity contribution in [2.75, 3.05) is 0 Å². The third kappa shape index (κ3) is 5.28. The predicted octanol–water partition coefficient (Wildman–Crippen LogP) is 10.0. The molecule has 41 heavy (non-hydrogen) atoms. The normalized spacial score (nSPS) is 13.3. The topological polar surface area (TPSA) is 57.4 Å². The second-order valence-electron chi connectivity index (χ2n) is 10.9. The van der Waals surface area contributed by atoms with Gasteiger partial charge in [0.25, 0.3) is 0 Å². The van der Waals surface area contributed by atoms with Crippen LogP contribution < -0.4 is 0 Å². The minimum atomic E-state index is 0. The molecule has 0 aliphatic carbocycles. The number of hydrogen-bond acceptors (Lipinski definition) is 2. The van der Waals surface area contributed by atoms with E-state index < -0.39 is 0 Å². The summed E-state index contributed by atoms with van der Waals surface area (Å²) in [5.74, 6) is 0. The van der Waals surface area contributed by atoms with Gasteiger partial charge in [-0.2, -0.15) is 0 Å². The van der Waals surface area contributed by atoms with E-state index >= 15 is 0 Å². The van der Waals surface area contributed by atoms with E-state index in [9.17, 15) is 0 Å². The third-order valence-corrected chi connectivity index (χ3v) is 8.97. The second kappa shape index (κ2) is 13.0. The van der Waals surface area contributed by atoms with Crippen molar-refractivity contribution < 1.29 is 17.1 Å². The quantitative estimate of drug-likeness (QED) is 0.257. The average Bonchev–Trinajstić information content (AvgIpc) is 3.67. The summed E-state index contributed by atoms with van der Waals surface area (Å²) >= 11 is 0. The first-order valence-electron chi connectivity index (χ1n) is 15.7. The number of nitrogens with one attached hydrogen (secondary N) is 2. The van der Waals surface area contributed by atoms with Crippen LogP contribution in [0.1, 0.15) is 126 Å². The molecule has 5 heteroatoms. The van der Waals surface area contributed by atoms with Crippen molar-refractivity contribution in [1.82, 2.24) is 19.9 Å². The zero-order chi connectivity index (χ0) is 28.6. The SMILES string of the molecule is CCC1=C(CC)c2cc3[nH]c(cc4[nH]c(cc5nc(cc1n2)C(CC)=C5CC)c(CC)c4CC)c(CC)c3CC.[Fe+3]. The van der Waals surface area contributed by atoms with Crippen LogP contribution in [-0.4, -0.2) is 19.9 Å². The Bertz CT molecular complexity index is 1560. The summed E-state index contributed by atoms with van der Waals surface area (Å²) in [5, 5.41) is 0. The summed E-state index contributed by atoms with van der Waals surface area (Å²) < 4.78 is 0. The van der Waals surface area contributed by atoms with Gasteiger partial charge in [-0.25, -0.2) is 9.97 Å². The van der Waals surface area contributed by atoms with Gasteiger partial charge < -0.3 is 9.97 Å².